The van der Waals surface area contributed by atoms with Gasteiger partial charge in [-0.1, -0.05) is 36.4 Å². The maximum absolute atomic E-state index is 12.0. The molecule has 24 heavy (non-hydrogen) atoms. The third-order valence-electron chi connectivity index (χ3n) is 3.36. The molecule has 4 heteroatoms. The van der Waals surface area contributed by atoms with E-state index in [1.807, 2.05) is 62.4 Å². The molecule has 1 N–H and O–H groups in total. The van der Waals surface area contributed by atoms with Crippen LogP contribution in [0.2, 0.25) is 0 Å². The Labute approximate surface area is 143 Å². The molecule has 0 saturated heterocycles. The van der Waals surface area contributed by atoms with Crippen molar-refractivity contribution in [2.45, 2.75) is 20.4 Å². The number of nitrogens with one attached hydrogen (secondary N) is 1. The zero-order chi connectivity index (χ0) is 17.2. The first kappa shape index (κ1) is 17.6. The number of benzene rings is 2. The normalized spacial score (nSPS) is 10.6. The summed E-state index contributed by atoms with van der Waals surface area (Å²) in [5.74, 6) is 1.41. The lowest BCUT2D eigenvalue weighted by Crippen LogP contribution is -2.20. The van der Waals surface area contributed by atoms with E-state index in [-0.39, 0.29) is 5.91 Å². The van der Waals surface area contributed by atoms with Crippen molar-refractivity contribution in [2.24, 2.45) is 0 Å². The molecular formula is C20H23NO3. The molecule has 0 aliphatic heterocycles. The van der Waals surface area contributed by atoms with Gasteiger partial charge >= 0.3 is 0 Å². The van der Waals surface area contributed by atoms with Crippen molar-refractivity contribution in [2.75, 3.05) is 13.2 Å². The average molecular weight is 325 g/mol. The van der Waals surface area contributed by atoms with Gasteiger partial charge in [0.2, 0.25) is 5.91 Å². The number of carbonyl (C=O) groups excluding carboxylic acids is 1. The van der Waals surface area contributed by atoms with Crippen molar-refractivity contribution in [3.05, 3.63) is 65.7 Å². The molecule has 0 aliphatic carbocycles. The maximum atomic E-state index is 12.0. The predicted octanol–water partition coefficient (Wildman–Crippen LogP) is 3.81. The lowest BCUT2D eigenvalue weighted by molar-refractivity contribution is -0.116. The summed E-state index contributed by atoms with van der Waals surface area (Å²) < 4.78 is 11.1. The minimum atomic E-state index is -0.160. The third kappa shape index (κ3) is 5.16. The van der Waals surface area contributed by atoms with Crippen LogP contribution < -0.4 is 14.8 Å². The van der Waals surface area contributed by atoms with Crippen LogP contribution in [0.4, 0.5) is 0 Å². The molecule has 0 heterocycles. The lowest BCUT2D eigenvalue weighted by Gasteiger charge is -2.10. The van der Waals surface area contributed by atoms with Crippen molar-refractivity contribution >= 4 is 12.0 Å². The van der Waals surface area contributed by atoms with Crippen molar-refractivity contribution in [3.8, 4) is 11.5 Å². The largest absolute Gasteiger partial charge is 0.494 e. The van der Waals surface area contributed by atoms with Gasteiger partial charge in [-0.25, -0.2) is 0 Å². The summed E-state index contributed by atoms with van der Waals surface area (Å²) in [5.41, 5.74) is 1.83. The molecule has 0 saturated carbocycles. The zero-order valence-corrected chi connectivity index (χ0v) is 14.1. The van der Waals surface area contributed by atoms with E-state index in [2.05, 4.69) is 5.32 Å². The number of ether oxygens (including phenoxy) is 2. The minimum Gasteiger partial charge on any atom is -0.494 e. The van der Waals surface area contributed by atoms with Gasteiger partial charge in [0.1, 0.15) is 11.5 Å². The van der Waals surface area contributed by atoms with Crippen LogP contribution in [0, 0.1) is 0 Å². The Morgan fingerprint density at radius 3 is 2.33 bits per heavy atom. The van der Waals surface area contributed by atoms with Crippen LogP contribution in [0.1, 0.15) is 25.0 Å². The summed E-state index contributed by atoms with van der Waals surface area (Å²) >= 11 is 0. The number of hydrogen-bond donors (Lipinski definition) is 1. The van der Waals surface area contributed by atoms with E-state index in [0.29, 0.717) is 19.8 Å². The van der Waals surface area contributed by atoms with Gasteiger partial charge in [-0.2, -0.15) is 0 Å². The van der Waals surface area contributed by atoms with Crippen molar-refractivity contribution in [3.63, 3.8) is 0 Å². The van der Waals surface area contributed by atoms with Gasteiger partial charge in [0, 0.05) is 23.7 Å². The highest BCUT2D eigenvalue weighted by Gasteiger charge is 2.04. The highest BCUT2D eigenvalue weighted by Crippen LogP contribution is 2.19. The summed E-state index contributed by atoms with van der Waals surface area (Å²) in [6.07, 6.45) is 3.27. The lowest BCUT2D eigenvalue weighted by atomic mass is 10.2. The summed E-state index contributed by atoms with van der Waals surface area (Å²) in [4.78, 5) is 12.0. The van der Waals surface area contributed by atoms with Crippen molar-refractivity contribution in [1.82, 2.24) is 5.32 Å². The van der Waals surface area contributed by atoms with Crippen LogP contribution in [-0.4, -0.2) is 19.1 Å². The molecule has 126 valence electrons. The smallest absolute Gasteiger partial charge is 0.244 e. The fourth-order valence-electron chi connectivity index (χ4n) is 2.26. The highest BCUT2D eigenvalue weighted by molar-refractivity contribution is 5.92. The number of carbonyl (C=O) groups is 1. The third-order valence-corrected chi connectivity index (χ3v) is 3.36. The molecule has 0 aliphatic rings. The molecule has 0 spiro atoms. The second-order valence-corrected chi connectivity index (χ2v) is 5.06. The van der Waals surface area contributed by atoms with Gasteiger partial charge < -0.3 is 14.8 Å². The van der Waals surface area contributed by atoms with Crippen molar-refractivity contribution < 1.29 is 14.3 Å². The van der Waals surface area contributed by atoms with Crippen molar-refractivity contribution in [1.29, 1.82) is 0 Å². The summed E-state index contributed by atoms with van der Waals surface area (Å²) in [5, 5.41) is 2.87. The van der Waals surface area contributed by atoms with E-state index in [9.17, 15) is 4.79 Å². The van der Waals surface area contributed by atoms with Gasteiger partial charge in [0.15, 0.2) is 0 Å². The Balaban J connectivity index is 1.97. The Kier molecular flexibility index (Phi) is 6.90. The van der Waals surface area contributed by atoms with Gasteiger partial charge in [-0.15, -0.1) is 0 Å². The van der Waals surface area contributed by atoms with Gasteiger partial charge in [0.25, 0.3) is 0 Å². The van der Waals surface area contributed by atoms with Crippen LogP contribution in [0.25, 0.3) is 6.08 Å². The molecular weight excluding hydrogens is 302 g/mol. The Hall–Kier alpha value is -2.75. The highest BCUT2D eigenvalue weighted by atomic mass is 16.5. The summed E-state index contributed by atoms with van der Waals surface area (Å²) in [6, 6.07) is 15.3. The summed E-state index contributed by atoms with van der Waals surface area (Å²) in [7, 11) is 0. The van der Waals surface area contributed by atoms with E-state index < -0.39 is 0 Å². The van der Waals surface area contributed by atoms with Crippen LogP contribution in [0.5, 0.6) is 11.5 Å². The maximum Gasteiger partial charge on any atom is 0.244 e. The molecule has 2 aromatic carbocycles. The van der Waals surface area contributed by atoms with E-state index in [0.717, 1.165) is 22.6 Å². The van der Waals surface area contributed by atoms with E-state index in [1.165, 1.54) is 6.08 Å². The van der Waals surface area contributed by atoms with Crippen LogP contribution in [0.15, 0.2) is 54.6 Å². The number of para-hydroxylation sites is 2. The second kappa shape index (κ2) is 9.40. The predicted molar refractivity (Wildman–Crippen MR) is 96.1 cm³/mol. The van der Waals surface area contributed by atoms with Crippen LogP contribution in [-0.2, 0) is 11.3 Å². The number of hydrogen-bond acceptors (Lipinski definition) is 3. The van der Waals surface area contributed by atoms with E-state index in [4.69, 9.17) is 9.47 Å². The zero-order valence-electron chi connectivity index (χ0n) is 14.1. The molecule has 0 fully saturated rings. The van der Waals surface area contributed by atoms with Crippen LogP contribution >= 0.6 is 0 Å². The molecule has 0 atom stereocenters. The fourth-order valence-corrected chi connectivity index (χ4v) is 2.26. The number of amides is 1. The number of rotatable bonds is 8. The van der Waals surface area contributed by atoms with Crippen LogP contribution in [0.3, 0.4) is 0 Å². The minimum absolute atomic E-state index is 0.160. The van der Waals surface area contributed by atoms with E-state index in [1.54, 1.807) is 6.08 Å². The Morgan fingerprint density at radius 1 is 0.958 bits per heavy atom. The molecule has 0 aromatic heterocycles. The second-order valence-electron chi connectivity index (χ2n) is 5.06. The molecule has 0 bridgehead atoms. The standard InChI is InChI=1S/C20H23NO3/c1-3-23-18-11-7-5-9-16(18)13-14-20(22)21-15-17-10-6-8-12-19(17)24-4-2/h5-14H,3-4,15H2,1-2H3,(H,21,22)/b14-13+. The molecule has 2 aromatic rings. The SMILES string of the molecule is CCOc1ccccc1/C=C/C(=O)NCc1ccccc1OCC. The molecule has 4 nitrogen and oxygen atoms in total. The topological polar surface area (TPSA) is 47.6 Å². The molecule has 1 amide bonds. The first-order valence-corrected chi connectivity index (χ1v) is 8.13. The molecule has 2 rings (SSSR count). The monoisotopic (exact) mass is 325 g/mol. The molecule has 0 radical (unpaired) electrons. The molecule has 0 unspecified atom stereocenters. The van der Waals surface area contributed by atoms with Gasteiger partial charge in [-0.05, 0) is 32.1 Å². The Morgan fingerprint density at radius 2 is 1.58 bits per heavy atom. The average Bonchev–Trinajstić information content (AvgIpc) is 2.61. The van der Waals surface area contributed by atoms with Gasteiger partial charge in [-0.3, -0.25) is 4.79 Å². The fraction of sp³-hybridized carbons (Fsp3) is 0.250. The summed E-state index contributed by atoms with van der Waals surface area (Å²) in [6.45, 7) is 5.48. The first-order chi connectivity index (χ1) is 11.7. The Bertz CT molecular complexity index is 695. The van der Waals surface area contributed by atoms with E-state index >= 15 is 0 Å². The first-order valence-electron chi connectivity index (χ1n) is 8.13. The van der Waals surface area contributed by atoms with Gasteiger partial charge in [0.05, 0.1) is 13.2 Å². The quantitative estimate of drug-likeness (QED) is 0.751.